The predicted molar refractivity (Wildman–Crippen MR) is 52.0 cm³/mol. The van der Waals surface area contributed by atoms with E-state index in [4.69, 9.17) is 20.3 Å². The van der Waals surface area contributed by atoms with Gasteiger partial charge in [0, 0.05) is 18.2 Å². The van der Waals surface area contributed by atoms with Crippen molar-refractivity contribution in [2.45, 2.75) is 5.92 Å². The Kier molecular flexibility index (Phi) is 2.66. The van der Waals surface area contributed by atoms with Gasteiger partial charge in [-0.05, 0) is 6.07 Å². The van der Waals surface area contributed by atoms with Gasteiger partial charge in [-0.1, -0.05) is 0 Å². The molecule has 3 N–H and O–H groups in total. The molecule has 1 aliphatic rings. The Morgan fingerprint density at radius 2 is 2.12 bits per heavy atom. The van der Waals surface area contributed by atoms with Crippen LogP contribution in [-0.2, 0) is 4.79 Å². The van der Waals surface area contributed by atoms with Crippen LogP contribution in [0.4, 0.5) is 4.39 Å². The first kappa shape index (κ1) is 10.7. The highest BCUT2D eigenvalue weighted by atomic mass is 19.1. The molecular formula is C10H10FNO4. The lowest BCUT2D eigenvalue weighted by molar-refractivity contribution is -0.138. The van der Waals surface area contributed by atoms with Gasteiger partial charge >= 0.3 is 5.97 Å². The zero-order valence-electron chi connectivity index (χ0n) is 8.27. The van der Waals surface area contributed by atoms with Crippen LogP contribution in [0, 0.1) is 5.82 Å². The minimum absolute atomic E-state index is 0.0125. The molecule has 0 spiro atoms. The van der Waals surface area contributed by atoms with Gasteiger partial charge in [0.1, 0.15) is 5.82 Å². The van der Waals surface area contributed by atoms with Gasteiger partial charge in [-0.15, -0.1) is 0 Å². The van der Waals surface area contributed by atoms with Crippen molar-refractivity contribution in [3.8, 4) is 11.5 Å². The molecule has 1 aromatic rings. The Morgan fingerprint density at radius 3 is 2.69 bits per heavy atom. The van der Waals surface area contributed by atoms with Crippen LogP contribution >= 0.6 is 0 Å². The second-order valence-electron chi connectivity index (χ2n) is 3.35. The molecule has 5 nitrogen and oxygen atoms in total. The van der Waals surface area contributed by atoms with Gasteiger partial charge < -0.3 is 20.3 Å². The predicted octanol–water partition coefficient (Wildman–Crippen LogP) is 0.681. The van der Waals surface area contributed by atoms with E-state index in [0.29, 0.717) is 5.75 Å². The Balaban J connectivity index is 2.44. The maximum Gasteiger partial charge on any atom is 0.312 e. The molecule has 1 aromatic carbocycles. The van der Waals surface area contributed by atoms with Gasteiger partial charge in [0.15, 0.2) is 11.5 Å². The summed E-state index contributed by atoms with van der Waals surface area (Å²) < 4.78 is 23.6. The van der Waals surface area contributed by atoms with Crippen LogP contribution in [0.15, 0.2) is 12.1 Å². The smallest absolute Gasteiger partial charge is 0.312 e. The largest absolute Gasteiger partial charge is 0.481 e. The lowest BCUT2D eigenvalue weighted by Gasteiger charge is -2.11. The van der Waals surface area contributed by atoms with Gasteiger partial charge in [-0.3, -0.25) is 4.79 Å². The topological polar surface area (TPSA) is 81.8 Å². The van der Waals surface area contributed by atoms with E-state index in [-0.39, 0.29) is 24.7 Å². The minimum atomic E-state index is -1.17. The summed E-state index contributed by atoms with van der Waals surface area (Å²) in [7, 11) is 0. The van der Waals surface area contributed by atoms with E-state index in [1.165, 1.54) is 6.07 Å². The number of hydrogen-bond donors (Lipinski definition) is 2. The molecule has 0 saturated carbocycles. The first-order chi connectivity index (χ1) is 7.63. The molecule has 2 rings (SSSR count). The number of benzene rings is 1. The number of carbonyl (C=O) groups is 1. The van der Waals surface area contributed by atoms with Crippen LogP contribution < -0.4 is 15.2 Å². The molecule has 0 bridgehead atoms. The average Bonchev–Trinajstić information content (AvgIpc) is 2.65. The number of fused-ring (bicyclic) bond motifs is 1. The third-order valence-corrected chi connectivity index (χ3v) is 2.40. The van der Waals surface area contributed by atoms with Crippen LogP contribution in [0.1, 0.15) is 11.5 Å². The highest BCUT2D eigenvalue weighted by Crippen LogP contribution is 2.36. The minimum Gasteiger partial charge on any atom is -0.481 e. The Labute approximate surface area is 90.6 Å². The lowest BCUT2D eigenvalue weighted by atomic mass is 9.98. The molecule has 0 fully saturated rings. The van der Waals surface area contributed by atoms with Crippen molar-refractivity contribution < 1.29 is 23.8 Å². The van der Waals surface area contributed by atoms with Crippen molar-refractivity contribution in [1.82, 2.24) is 0 Å². The van der Waals surface area contributed by atoms with E-state index in [2.05, 4.69) is 0 Å². The number of rotatable bonds is 3. The van der Waals surface area contributed by atoms with E-state index in [0.717, 1.165) is 6.07 Å². The number of halogens is 1. The lowest BCUT2D eigenvalue weighted by Crippen LogP contribution is -2.22. The van der Waals surface area contributed by atoms with Crippen molar-refractivity contribution in [3.63, 3.8) is 0 Å². The summed E-state index contributed by atoms with van der Waals surface area (Å²) >= 11 is 0. The molecule has 1 aliphatic heterocycles. The highest BCUT2D eigenvalue weighted by Gasteiger charge is 2.25. The van der Waals surface area contributed by atoms with Crippen LogP contribution in [0.3, 0.4) is 0 Å². The van der Waals surface area contributed by atoms with Crippen LogP contribution in [0.5, 0.6) is 11.5 Å². The van der Waals surface area contributed by atoms with Gasteiger partial charge in [0.2, 0.25) is 6.79 Å². The third-order valence-electron chi connectivity index (χ3n) is 2.40. The zero-order chi connectivity index (χ0) is 11.7. The number of ether oxygens (including phenoxy) is 2. The Bertz CT molecular complexity index is 435. The fraction of sp³-hybridized carbons (Fsp3) is 0.300. The fourth-order valence-electron chi connectivity index (χ4n) is 1.56. The molecule has 1 atom stereocenters. The number of aliphatic carboxylic acids is 1. The summed E-state index contributed by atoms with van der Waals surface area (Å²) in [6.45, 7) is -0.162. The first-order valence-electron chi connectivity index (χ1n) is 4.65. The maximum absolute atomic E-state index is 13.6. The van der Waals surface area contributed by atoms with Crippen LogP contribution in [0.2, 0.25) is 0 Å². The second kappa shape index (κ2) is 3.97. The van der Waals surface area contributed by atoms with Crippen molar-refractivity contribution in [3.05, 3.63) is 23.5 Å². The summed E-state index contributed by atoms with van der Waals surface area (Å²) in [6.07, 6.45) is 0. The number of carboxylic acids is 1. The van der Waals surface area contributed by atoms with Crippen molar-refractivity contribution >= 4 is 5.97 Å². The molecule has 1 unspecified atom stereocenters. The maximum atomic E-state index is 13.6. The van der Waals surface area contributed by atoms with E-state index in [1.54, 1.807) is 0 Å². The van der Waals surface area contributed by atoms with Crippen molar-refractivity contribution in [2.75, 3.05) is 13.3 Å². The van der Waals surface area contributed by atoms with E-state index in [1.807, 2.05) is 0 Å². The summed E-state index contributed by atoms with van der Waals surface area (Å²) in [5, 5.41) is 8.88. The SMILES string of the molecule is NCC(C(=O)O)c1cc2c(cc1F)OCO2. The van der Waals surface area contributed by atoms with Crippen LogP contribution in [0.25, 0.3) is 0 Å². The third kappa shape index (κ3) is 1.67. The van der Waals surface area contributed by atoms with Gasteiger partial charge in [0.05, 0.1) is 5.92 Å². The number of carboxylic acid groups (broad SMARTS) is 1. The molecular weight excluding hydrogens is 217 g/mol. The van der Waals surface area contributed by atoms with Gasteiger partial charge in [-0.25, -0.2) is 4.39 Å². The molecule has 1 heterocycles. The summed E-state index contributed by atoms with van der Waals surface area (Å²) in [4.78, 5) is 10.9. The molecule has 6 heteroatoms. The van der Waals surface area contributed by atoms with Crippen LogP contribution in [-0.4, -0.2) is 24.4 Å². The van der Waals surface area contributed by atoms with Gasteiger partial charge in [0.25, 0.3) is 0 Å². The second-order valence-corrected chi connectivity index (χ2v) is 3.35. The zero-order valence-corrected chi connectivity index (χ0v) is 8.27. The number of hydrogen-bond acceptors (Lipinski definition) is 4. The summed E-state index contributed by atoms with van der Waals surface area (Å²) in [6, 6.07) is 2.44. The normalized spacial score (nSPS) is 14.9. The fourth-order valence-corrected chi connectivity index (χ4v) is 1.56. The molecule has 0 saturated heterocycles. The molecule has 16 heavy (non-hydrogen) atoms. The molecule has 0 aromatic heterocycles. The molecule has 86 valence electrons. The number of nitrogens with two attached hydrogens (primary N) is 1. The highest BCUT2D eigenvalue weighted by molar-refractivity contribution is 5.77. The standard InChI is InChI=1S/C10H10FNO4/c11-7-2-9-8(15-4-16-9)1-5(7)6(3-12)10(13)14/h1-2,6H,3-4,12H2,(H,13,14). The van der Waals surface area contributed by atoms with Gasteiger partial charge in [-0.2, -0.15) is 0 Å². The summed E-state index contributed by atoms with van der Waals surface area (Å²) in [5.41, 5.74) is 5.31. The van der Waals surface area contributed by atoms with Crippen molar-refractivity contribution in [2.24, 2.45) is 5.73 Å². The monoisotopic (exact) mass is 227 g/mol. The van der Waals surface area contributed by atoms with E-state index < -0.39 is 17.7 Å². The Morgan fingerprint density at radius 1 is 1.50 bits per heavy atom. The van der Waals surface area contributed by atoms with Crippen molar-refractivity contribution in [1.29, 1.82) is 0 Å². The molecule has 0 amide bonds. The average molecular weight is 227 g/mol. The van der Waals surface area contributed by atoms with E-state index >= 15 is 0 Å². The first-order valence-corrected chi connectivity index (χ1v) is 4.65. The molecule has 0 aliphatic carbocycles. The Hall–Kier alpha value is -1.82. The quantitative estimate of drug-likeness (QED) is 0.793. The molecule has 0 radical (unpaired) electrons. The summed E-state index contributed by atoms with van der Waals surface area (Å²) in [5.74, 6) is -2.27. The van der Waals surface area contributed by atoms with E-state index in [9.17, 15) is 9.18 Å².